The fourth-order valence-electron chi connectivity index (χ4n) is 2.80. The van der Waals surface area contributed by atoms with Crippen molar-refractivity contribution >= 4 is 5.69 Å². The van der Waals surface area contributed by atoms with Crippen LogP contribution in [-0.4, -0.2) is 27.9 Å². The smallest absolute Gasteiger partial charge is 0.203 e. The van der Waals surface area contributed by atoms with Gasteiger partial charge in [-0.2, -0.15) is 5.26 Å². The molecule has 1 aromatic carbocycles. The lowest BCUT2D eigenvalue weighted by Crippen LogP contribution is -2.22. The van der Waals surface area contributed by atoms with Crippen molar-refractivity contribution in [2.24, 2.45) is 5.73 Å². The molecule has 0 aromatic heterocycles. The van der Waals surface area contributed by atoms with E-state index in [4.69, 9.17) is 19.9 Å². The highest BCUT2D eigenvalue weighted by molar-refractivity contribution is 5.71. The number of nitrogens with two attached hydrogens (primary N) is 1. The fraction of sp³-hybridized carbons (Fsp3) is 0.235. The van der Waals surface area contributed by atoms with Crippen molar-refractivity contribution in [1.29, 1.82) is 5.26 Å². The number of ether oxygens (including phenoxy) is 3. The van der Waals surface area contributed by atoms with E-state index in [0.29, 0.717) is 35.2 Å². The second-order valence-corrected chi connectivity index (χ2v) is 5.27. The maximum Gasteiger partial charge on any atom is 0.203 e. The maximum atomic E-state index is 9.33. The number of fused-ring (bicyclic) bond motifs is 1. The van der Waals surface area contributed by atoms with E-state index >= 15 is 0 Å². The van der Waals surface area contributed by atoms with Gasteiger partial charge in [0.2, 0.25) is 5.75 Å². The molecule has 0 amide bonds. The van der Waals surface area contributed by atoms with Gasteiger partial charge in [0.05, 0.1) is 21.3 Å². The third-order valence-corrected chi connectivity index (χ3v) is 4.01. The standard InChI is InChI=1S/C17H18N4O3/c1-22-14-4-11(5-15(23-2)16(14)24-3)21-8-10-7-20-17(19)12(6-18)13(10)9-21/h4-5,7,9,20H,8,19H2,1-3H3. The van der Waals surface area contributed by atoms with Gasteiger partial charge in [0.25, 0.3) is 0 Å². The van der Waals surface area contributed by atoms with Crippen molar-refractivity contribution in [1.82, 2.24) is 5.32 Å². The van der Waals surface area contributed by atoms with Gasteiger partial charge < -0.3 is 30.2 Å². The molecule has 124 valence electrons. The van der Waals surface area contributed by atoms with Crippen LogP contribution in [0.15, 0.2) is 47.1 Å². The predicted molar refractivity (Wildman–Crippen MR) is 89.6 cm³/mol. The van der Waals surface area contributed by atoms with Crippen LogP contribution < -0.4 is 30.2 Å². The molecule has 0 spiro atoms. The Labute approximate surface area is 140 Å². The van der Waals surface area contributed by atoms with Crippen molar-refractivity contribution in [2.75, 3.05) is 32.8 Å². The lowest BCUT2D eigenvalue weighted by molar-refractivity contribution is 0.324. The van der Waals surface area contributed by atoms with E-state index in [1.165, 1.54) is 0 Å². The lowest BCUT2D eigenvalue weighted by atomic mass is 10.0. The van der Waals surface area contributed by atoms with Crippen LogP contribution in [0.2, 0.25) is 0 Å². The molecule has 0 saturated heterocycles. The summed E-state index contributed by atoms with van der Waals surface area (Å²) in [5.41, 5.74) is 8.97. The highest BCUT2D eigenvalue weighted by atomic mass is 16.5. The molecule has 0 fully saturated rings. The molecule has 0 radical (unpaired) electrons. The average Bonchev–Trinajstić information content (AvgIpc) is 3.04. The molecule has 2 aliphatic rings. The number of allylic oxidation sites excluding steroid dienone is 1. The molecule has 0 aliphatic carbocycles. The Morgan fingerprint density at radius 3 is 2.38 bits per heavy atom. The SMILES string of the molecule is COc1cc(N2C=C3C(=CNC(N)=C3C#N)C2)cc(OC)c1OC. The summed E-state index contributed by atoms with van der Waals surface area (Å²) in [6.45, 7) is 0.611. The maximum absolute atomic E-state index is 9.33. The minimum absolute atomic E-state index is 0.360. The van der Waals surface area contributed by atoms with E-state index in [1.807, 2.05) is 29.4 Å². The van der Waals surface area contributed by atoms with Gasteiger partial charge in [-0.3, -0.25) is 0 Å². The highest BCUT2D eigenvalue weighted by Gasteiger charge is 2.27. The van der Waals surface area contributed by atoms with Gasteiger partial charge in [-0.25, -0.2) is 0 Å². The molecule has 1 aromatic rings. The molecular formula is C17H18N4O3. The van der Waals surface area contributed by atoms with Gasteiger partial charge in [-0.15, -0.1) is 0 Å². The van der Waals surface area contributed by atoms with E-state index in [0.717, 1.165) is 16.8 Å². The van der Waals surface area contributed by atoms with E-state index in [9.17, 15) is 5.26 Å². The van der Waals surface area contributed by atoms with Crippen molar-refractivity contribution in [3.63, 3.8) is 0 Å². The Hall–Kier alpha value is -3.27. The van der Waals surface area contributed by atoms with E-state index in [1.54, 1.807) is 21.3 Å². The number of dihydropyridines is 1. The molecule has 3 rings (SSSR count). The normalized spacial score (nSPS) is 15.8. The first kappa shape index (κ1) is 15.6. The van der Waals surface area contributed by atoms with E-state index in [2.05, 4.69) is 11.4 Å². The molecule has 24 heavy (non-hydrogen) atoms. The summed E-state index contributed by atoms with van der Waals surface area (Å²) in [5, 5.41) is 12.3. The number of hydrogen-bond acceptors (Lipinski definition) is 7. The molecular weight excluding hydrogens is 308 g/mol. The molecule has 2 aliphatic heterocycles. The van der Waals surface area contributed by atoms with Crippen LogP contribution in [0.3, 0.4) is 0 Å². The third kappa shape index (κ3) is 2.38. The Morgan fingerprint density at radius 2 is 1.83 bits per heavy atom. The summed E-state index contributed by atoms with van der Waals surface area (Å²) in [7, 11) is 4.72. The molecule has 0 atom stereocenters. The van der Waals surface area contributed by atoms with Gasteiger partial charge >= 0.3 is 0 Å². The van der Waals surface area contributed by atoms with Crippen LogP contribution in [0.5, 0.6) is 17.2 Å². The van der Waals surface area contributed by atoms with Crippen LogP contribution in [0.1, 0.15) is 0 Å². The first-order valence-corrected chi connectivity index (χ1v) is 7.27. The van der Waals surface area contributed by atoms with Gasteiger partial charge in [0, 0.05) is 42.3 Å². The quantitative estimate of drug-likeness (QED) is 0.868. The second-order valence-electron chi connectivity index (χ2n) is 5.27. The molecule has 2 heterocycles. The number of nitrogens with zero attached hydrogens (tertiary/aromatic N) is 2. The lowest BCUT2D eigenvalue weighted by Gasteiger charge is -2.20. The topological polar surface area (TPSA) is 92.8 Å². The van der Waals surface area contributed by atoms with Gasteiger partial charge in [-0.05, 0) is 5.57 Å². The van der Waals surface area contributed by atoms with Gasteiger partial charge in [0.15, 0.2) is 11.5 Å². The van der Waals surface area contributed by atoms with E-state index in [-0.39, 0.29) is 0 Å². The molecule has 0 bridgehead atoms. The zero-order valence-corrected chi connectivity index (χ0v) is 13.7. The zero-order valence-electron chi connectivity index (χ0n) is 13.7. The number of nitrogens with one attached hydrogen (secondary N) is 1. The zero-order chi connectivity index (χ0) is 17.3. The Balaban J connectivity index is 2.04. The van der Waals surface area contributed by atoms with Crippen LogP contribution in [-0.2, 0) is 0 Å². The van der Waals surface area contributed by atoms with Crippen molar-refractivity contribution in [3.05, 3.63) is 47.1 Å². The minimum Gasteiger partial charge on any atom is -0.493 e. The summed E-state index contributed by atoms with van der Waals surface area (Å²) in [6, 6.07) is 5.88. The molecule has 7 heteroatoms. The number of nitriles is 1. The first-order chi connectivity index (χ1) is 11.6. The Bertz CT molecular complexity index is 793. The van der Waals surface area contributed by atoms with Crippen molar-refractivity contribution in [3.8, 4) is 23.3 Å². The third-order valence-electron chi connectivity index (χ3n) is 4.01. The van der Waals surface area contributed by atoms with Crippen LogP contribution in [0.25, 0.3) is 0 Å². The predicted octanol–water partition coefficient (Wildman–Crippen LogP) is 1.60. The first-order valence-electron chi connectivity index (χ1n) is 7.27. The molecule has 7 nitrogen and oxygen atoms in total. The number of hydrogen-bond donors (Lipinski definition) is 2. The monoisotopic (exact) mass is 326 g/mol. The van der Waals surface area contributed by atoms with Crippen LogP contribution in [0, 0.1) is 11.3 Å². The number of benzene rings is 1. The van der Waals surface area contributed by atoms with Gasteiger partial charge in [-0.1, -0.05) is 0 Å². The van der Waals surface area contributed by atoms with Crippen LogP contribution >= 0.6 is 0 Å². The minimum atomic E-state index is 0.360. The van der Waals surface area contributed by atoms with Gasteiger partial charge in [0.1, 0.15) is 17.5 Å². The van der Waals surface area contributed by atoms with E-state index < -0.39 is 0 Å². The summed E-state index contributed by atoms with van der Waals surface area (Å²) in [4.78, 5) is 2.00. The Kier molecular flexibility index (Phi) is 3.96. The molecule has 0 saturated carbocycles. The molecule has 3 N–H and O–H groups in total. The second kappa shape index (κ2) is 6.08. The highest BCUT2D eigenvalue weighted by Crippen LogP contribution is 2.43. The summed E-state index contributed by atoms with van der Waals surface area (Å²) >= 11 is 0. The molecule has 0 unspecified atom stereocenters. The van der Waals surface area contributed by atoms with Crippen LogP contribution in [0.4, 0.5) is 5.69 Å². The average molecular weight is 326 g/mol. The Morgan fingerprint density at radius 1 is 1.17 bits per heavy atom. The number of rotatable bonds is 4. The number of anilines is 1. The number of methoxy groups -OCH3 is 3. The van der Waals surface area contributed by atoms with Crippen molar-refractivity contribution in [2.45, 2.75) is 0 Å². The summed E-state index contributed by atoms with van der Waals surface area (Å²) in [5.74, 6) is 2.04. The summed E-state index contributed by atoms with van der Waals surface area (Å²) < 4.78 is 16.1. The fourth-order valence-corrected chi connectivity index (χ4v) is 2.80. The largest absolute Gasteiger partial charge is 0.493 e. The summed E-state index contributed by atoms with van der Waals surface area (Å²) in [6.07, 6.45) is 3.72. The van der Waals surface area contributed by atoms with Crippen molar-refractivity contribution < 1.29 is 14.2 Å².